The lowest BCUT2D eigenvalue weighted by Crippen LogP contribution is -2.12. The quantitative estimate of drug-likeness (QED) is 0.0220. The average molecular weight is 1230 g/mol. The summed E-state index contributed by atoms with van der Waals surface area (Å²) in [5.41, 5.74) is 5.45. The zero-order chi connectivity index (χ0) is 59.2. The van der Waals surface area contributed by atoms with Crippen molar-refractivity contribution in [2.75, 3.05) is 26.4 Å². The van der Waals surface area contributed by atoms with Gasteiger partial charge >= 0.3 is 0 Å². The van der Waals surface area contributed by atoms with Crippen molar-refractivity contribution >= 4 is 120 Å². The summed E-state index contributed by atoms with van der Waals surface area (Å²) in [4.78, 5) is 16.5. The molecule has 2 atom stereocenters. The third kappa shape index (κ3) is 13.7. The predicted octanol–water partition coefficient (Wildman–Crippen LogP) is 25.5. The molecule has 86 heavy (non-hydrogen) atoms. The van der Waals surface area contributed by atoms with E-state index in [1.165, 1.54) is 162 Å². The molecule has 0 radical (unpaired) electrons. The molecule has 6 nitrogen and oxygen atoms in total. The standard InChI is InChI=1S/C76H92N2O4S4/c1-7-13-17-21-23-27-44-79-73-65(60-38-31-46-83-60)69-70(78-68-56-37-30-35-54-40-39-53-34-29-36-55(67(68)77-69)63(53)64(54)56)66(74(73)80-45-28-24-22-18-14-8-2)61-42-41-59(85-61)62-48-58-72(82-50-52(12-6)33-26-20-16-10-4)75-57(43-47-84-75)71(76(58)86-62)81-49-51(11-5)32-25-19-15-9-3/h29-31,34-43,46-48,51-52H,7-28,32-33,44-45,49-50H2,1-6H3. The van der Waals surface area contributed by atoms with Crippen molar-refractivity contribution in [2.24, 2.45) is 11.8 Å². The van der Waals surface area contributed by atoms with Gasteiger partial charge in [0, 0.05) is 41.1 Å². The van der Waals surface area contributed by atoms with Gasteiger partial charge in [-0.1, -0.05) is 225 Å². The Morgan fingerprint density at radius 1 is 0.372 bits per heavy atom. The number of hydrogen-bond donors (Lipinski definition) is 0. The van der Waals surface area contributed by atoms with Crippen LogP contribution in [0, 0.1) is 11.8 Å². The van der Waals surface area contributed by atoms with E-state index in [9.17, 15) is 0 Å². The molecule has 0 aliphatic rings. The van der Waals surface area contributed by atoms with Gasteiger partial charge < -0.3 is 18.9 Å². The molecule has 11 rings (SSSR count). The molecule has 0 saturated heterocycles. The van der Waals surface area contributed by atoms with Crippen molar-refractivity contribution in [2.45, 2.75) is 196 Å². The van der Waals surface area contributed by atoms with E-state index in [-0.39, 0.29) is 0 Å². The maximum Gasteiger partial charge on any atom is 0.172 e. The first-order valence-electron chi connectivity index (χ1n) is 33.5. The number of rotatable bonds is 37. The molecule has 0 bridgehead atoms. The normalized spacial score (nSPS) is 12.8. The van der Waals surface area contributed by atoms with Crippen molar-refractivity contribution in [1.29, 1.82) is 0 Å². The van der Waals surface area contributed by atoms with Gasteiger partial charge in [0.2, 0.25) is 0 Å². The Balaban J connectivity index is 1.10. The molecule has 6 aromatic carbocycles. The molecule has 0 N–H and O–H groups in total. The largest absolute Gasteiger partial charge is 0.491 e. The Bertz CT molecular complexity index is 3850. The molecular weight excluding hydrogens is 1130 g/mol. The SMILES string of the molecule is CCCCCCCCOc1c(OCCCCCCCC)c(-c2ccc(-c3cc4c(OCC(CC)CCCCCC)c5sccc5c(OCC(CC)CCCCCC)c4s3)s2)c2nc3c4cccc5ccc6cccc(c3nc2c1-c1cccs1)c6c54. The lowest BCUT2D eigenvalue weighted by atomic mass is 9.92. The fourth-order valence-corrected chi connectivity index (χ4v) is 17.0. The number of fused-ring (bicyclic) bond motifs is 6. The van der Waals surface area contributed by atoms with E-state index < -0.39 is 0 Å². The van der Waals surface area contributed by atoms with E-state index in [4.69, 9.17) is 28.9 Å². The van der Waals surface area contributed by atoms with Crippen LogP contribution in [0.3, 0.4) is 0 Å². The average Bonchev–Trinajstić information content (AvgIpc) is 0.939. The van der Waals surface area contributed by atoms with Gasteiger partial charge in [-0.25, -0.2) is 9.97 Å². The highest BCUT2D eigenvalue weighted by Gasteiger charge is 2.31. The van der Waals surface area contributed by atoms with Crippen molar-refractivity contribution in [1.82, 2.24) is 9.97 Å². The molecule has 5 aromatic heterocycles. The van der Waals surface area contributed by atoms with Crippen LogP contribution in [0.1, 0.15) is 196 Å². The van der Waals surface area contributed by atoms with Crippen LogP contribution in [0.25, 0.3) is 105 Å². The zero-order valence-corrected chi connectivity index (χ0v) is 55.6. The van der Waals surface area contributed by atoms with Crippen molar-refractivity contribution < 1.29 is 18.9 Å². The van der Waals surface area contributed by atoms with Crippen LogP contribution in [0.15, 0.2) is 95.7 Å². The Morgan fingerprint density at radius 3 is 1.42 bits per heavy atom. The Kier molecular flexibility index (Phi) is 22.1. The topological polar surface area (TPSA) is 62.7 Å². The van der Waals surface area contributed by atoms with Gasteiger partial charge in [-0.3, -0.25) is 0 Å². The lowest BCUT2D eigenvalue weighted by Gasteiger charge is -2.22. The van der Waals surface area contributed by atoms with Crippen molar-refractivity contribution in [3.05, 3.63) is 95.7 Å². The van der Waals surface area contributed by atoms with E-state index in [0.29, 0.717) is 38.3 Å². The van der Waals surface area contributed by atoms with Crippen LogP contribution in [0.5, 0.6) is 23.0 Å². The number of aromatic nitrogens is 2. The minimum Gasteiger partial charge on any atom is -0.491 e. The third-order valence-corrected chi connectivity index (χ3v) is 22.3. The number of unbranched alkanes of at least 4 members (excludes halogenated alkanes) is 16. The maximum absolute atomic E-state index is 7.39. The summed E-state index contributed by atoms with van der Waals surface area (Å²) in [6.45, 7) is 16.4. The summed E-state index contributed by atoms with van der Waals surface area (Å²) in [6, 6.07) is 31.6. The van der Waals surface area contributed by atoms with Gasteiger partial charge in [-0.2, -0.15) is 0 Å². The molecule has 0 aliphatic heterocycles. The van der Waals surface area contributed by atoms with Crippen LogP contribution >= 0.6 is 45.3 Å². The van der Waals surface area contributed by atoms with Gasteiger partial charge in [0.05, 0.1) is 58.0 Å². The second kappa shape index (κ2) is 30.6. The number of hydrogen-bond acceptors (Lipinski definition) is 10. The second-order valence-electron chi connectivity index (χ2n) is 24.3. The number of benzene rings is 6. The van der Waals surface area contributed by atoms with E-state index in [1.54, 1.807) is 22.7 Å². The van der Waals surface area contributed by atoms with Crippen LogP contribution in [-0.2, 0) is 0 Å². The fraction of sp³-hybridized carbons (Fsp3) is 0.474. The zero-order valence-electron chi connectivity index (χ0n) is 52.4. The summed E-state index contributed by atoms with van der Waals surface area (Å²) >= 11 is 7.20. The summed E-state index contributed by atoms with van der Waals surface area (Å²) in [7, 11) is 0. The van der Waals surface area contributed by atoms with E-state index in [2.05, 4.69) is 137 Å². The van der Waals surface area contributed by atoms with Crippen LogP contribution < -0.4 is 18.9 Å². The summed E-state index contributed by atoms with van der Waals surface area (Å²) in [5.74, 6) is 4.60. The highest BCUT2D eigenvalue weighted by Crippen LogP contribution is 2.56. The highest BCUT2D eigenvalue weighted by molar-refractivity contribution is 7.27. The molecule has 0 amide bonds. The maximum atomic E-state index is 7.39. The summed E-state index contributed by atoms with van der Waals surface area (Å²) in [5, 5.41) is 13.9. The Hall–Kier alpha value is -5.52. The molecule has 454 valence electrons. The minimum absolute atomic E-state index is 0.507. The molecule has 10 heteroatoms. The Morgan fingerprint density at radius 2 is 0.884 bits per heavy atom. The monoisotopic (exact) mass is 1220 g/mol. The third-order valence-electron chi connectivity index (χ3n) is 18.1. The lowest BCUT2D eigenvalue weighted by molar-refractivity contribution is 0.234. The first-order valence-corrected chi connectivity index (χ1v) is 36.9. The van der Waals surface area contributed by atoms with Crippen molar-refractivity contribution in [3.63, 3.8) is 0 Å². The van der Waals surface area contributed by atoms with E-state index in [0.717, 1.165) is 121 Å². The van der Waals surface area contributed by atoms with Gasteiger partial charge in [0.15, 0.2) is 11.5 Å². The summed E-state index contributed by atoms with van der Waals surface area (Å²) in [6.07, 6.45) is 28.9. The van der Waals surface area contributed by atoms with Crippen LogP contribution in [0.4, 0.5) is 0 Å². The smallest absolute Gasteiger partial charge is 0.172 e. The Labute approximate surface area is 528 Å². The molecule has 0 fully saturated rings. The van der Waals surface area contributed by atoms with E-state index >= 15 is 0 Å². The van der Waals surface area contributed by atoms with Gasteiger partial charge in [-0.05, 0) is 100 Å². The molecule has 2 unspecified atom stereocenters. The second-order valence-corrected chi connectivity index (χ2v) is 28.3. The highest BCUT2D eigenvalue weighted by atomic mass is 32.1. The first kappa shape index (κ1) is 62.1. The van der Waals surface area contributed by atoms with Crippen LogP contribution in [-0.4, -0.2) is 36.4 Å². The van der Waals surface area contributed by atoms with Gasteiger partial charge in [-0.15, -0.1) is 45.3 Å². The minimum atomic E-state index is 0.507. The summed E-state index contributed by atoms with van der Waals surface area (Å²) < 4.78 is 31.5. The number of nitrogens with zero attached hydrogens (tertiary/aromatic N) is 2. The number of ether oxygens (including phenoxy) is 4. The predicted molar refractivity (Wildman–Crippen MR) is 377 cm³/mol. The molecule has 5 heterocycles. The molecule has 0 aliphatic carbocycles. The van der Waals surface area contributed by atoms with Gasteiger partial charge in [0.1, 0.15) is 22.5 Å². The van der Waals surface area contributed by atoms with E-state index in [1.807, 2.05) is 22.7 Å². The number of thiophene rings is 4. The molecule has 0 spiro atoms. The molecule has 0 saturated carbocycles. The van der Waals surface area contributed by atoms with Crippen molar-refractivity contribution in [3.8, 4) is 53.6 Å². The van der Waals surface area contributed by atoms with Gasteiger partial charge in [0.25, 0.3) is 0 Å². The molecule has 11 aromatic rings. The first-order chi connectivity index (χ1) is 42.5. The molecular formula is C76H92N2O4S4. The fourth-order valence-electron chi connectivity index (χ4n) is 13.0. The van der Waals surface area contributed by atoms with Crippen LogP contribution in [0.2, 0.25) is 0 Å².